The predicted molar refractivity (Wildman–Crippen MR) is 101 cm³/mol. The Hall–Kier alpha value is -2.07. The maximum Gasteiger partial charge on any atom is 0.336 e. The van der Waals surface area contributed by atoms with E-state index in [1.807, 2.05) is 36.4 Å². The highest BCUT2D eigenvalue weighted by molar-refractivity contribution is 5.77. The van der Waals surface area contributed by atoms with Gasteiger partial charge in [-0.3, -0.25) is 0 Å². The van der Waals surface area contributed by atoms with Gasteiger partial charge >= 0.3 is 5.97 Å². The van der Waals surface area contributed by atoms with Crippen molar-refractivity contribution in [3.8, 4) is 5.75 Å². The second-order valence-electron chi connectivity index (χ2n) is 6.08. The third kappa shape index (κ3) is 7.14. The van der Waals surface area contributed by atoms with Crippen molar-refractivity contribution in [1.82, 2.24) is 0 Å². The van der Waals surface area contributed by atoms with E-state index in [2.05, 4.69) is 13.5 Å². The lowest BCUT2D eigenvalue weighted by molar-refractivity contribution is -0.168. The fourth-order valence-electron chi connectivity index (χ4n) is 2.48. The van der Waals surface area contributed by atoms with Gasteiger partial charge in [-0.05, 0) is 37.0 Å². The molecule has 0 heterocycles. The van der Waals surface area contributed by atoms with E-state index in [-0.39, 0.29) is 6.61 Å². The van der Waals surface area contributed by atoms with Crippen LogP contribution in [0.4, 0.5) is 0 Å². The van der Waals surface area contributed by atoms with Crippen molar-refractivity contribution in [2.45, 2.75) is 57.7 Å². The monoisotopic (exact) mass is 348 g/mol. The molecule has 0 radical (unpaired) electrons. The molecule has 1 rings (SSSR count). The first-order valence-corrected chi connectivity index (χ1v) is 8.84. The predicted octanol–water partition coefficient (Wildman–Crippen LogP) is 5.14. The largest absolute Gasteiger partial charge is 0.497 e. The van der Waals surface area contributed by atoms with E-state index in [9.17, 15) is 9.90 Å². The second kappa shape index (κ2) is 11.5. The first-order chi connectivity index (χ1) is 12.1. The van der Waals surface area contributed by atoms with E-state index in [4.69, 9.17) is 9.47 Å². The first kappa shape index (κ1) is 21.0. The van der Waals surface area contributed by atoms with Crippen molar-refractivity contribution in [3.05, 3.63) is 54.6 Å². The Labute approximate surface area is 151 Å². The zero-order chi connectivity index (χ0) is 18.5. The summed E-state index contributed by atoms with van der Waals surface area (Å²) in [7, 11) is 1.61. The number of aliphatic carboxylic acids is 1. The number of carbonyl (C=O) groups is 1. The Kier molecular flexibility index (Phi) is 9.63. The summed E-state index contributed by atoms with van der Waals surface area (Å²) < 4.78 is 11.1. The fraction of sp³-hybridized carbons (Fsp3) is 0.476. The lowest BCUT2D eigenvalue weighted by Crippen LogP contribution is -2.41. The van der Waals surface area contributed by atoms with Crippen LogP contribution in [0.5, 0.6) is 5.75 Å². The number of carboxylic acids is 1. The summed E-state index contributed by atoms with van der Waals surface area (Å²) in [5, 5.41) is 9.80. The first-order valence-electron chi connectivity index (χ1n) is 8.84. The summed E-state index contributed by atoms with van der Waals surface area (Å²) in [6.07, 6.45) is 10.3. The SMILES string of the molecule is C=CCC[13C@](C/C=C/CCCC)(OCc1ccc(OC)cc1)[13C](=O)O. The van der Waals surface area contributed by atoms with E-state index in [1.165, 1.54) is 0 Å². The molecule has 0 bridgehead atoms. The Morgan fingerprint density at radius 1 is 1.24 bits per heavy atom. The fourth-order valence-corrected chi connectivity index (χ4v) is 2.48. The molecule has 1 atom stereocenters. The molecule has 138 valence electrons. The zero-order valence-electron chi connectivity index (χ0n) is 15.4. The molecule has 0 aromatic heterocycles. The van der Waals surface area contributed by atoms with Crippen LogP contribution in [0.1, 0.15) is 51.0 Å². The van der Waals surface area contributed by atoms with Gasteiger partial charge in [0.2, 0.25) is 0 Å². The average Bonchev–Trinajstić information content (AvgIpc) is 2.63. The van der Waals surface area contributed by atoms with E-state index in [0.29, 0.717) is 19.3 Å². The number of methoxy groups -OCH3 is 1. The van der Waals surface area contributed by atoms with Crippen molar-refractivity contribution < 1.29 is 19.4 Å². The highest BCUT2D eigenvalue weighted by atomic mass is 16.6. The summed E-state index contributed by atoms with van der Waals surface area (Å²) >= 11 is 0. The zero-order valence-corrected chi connectivity index (χ0v) is 15.4. The van der Waals surface area contributed by atoms with Gasteiger partial charge in [0.1, 0.15) is 5.75 Å². The van der Waals surface area contributed by atoms with Crippen LogP contribution < -0.4 is 4.74 Å². The molecule has 0 amide bonds. The maximum atomic E-state index is 12.0. The normalized spacial score (nSPS) is 13.5. The standard InChI is InChI=1S/C21H30O4/c1-4-6-8-9-10-16-21(20(22)23,15-7-5-2)25-17-18-11-13-19(24-3)14-12-18/h5,9-14H,2,4,6-8,15-17H2,1,3H3,(H,22,23)/b10-9+/t21-/m1/s1/i20+1,21+1. The number of ether oxygens (including phenoxy) is 2. The van der Waals surface area contributed by atoms with Crippen LogP contribution in [0.15, 0.2) is 49.1 Å². The van der Waals surface area contributed by atoms with Crippen molar-refractivity contribution >= 4 is 5.97 Å². The van der Waals surface area contributed by atoms with Crippen LogP contribution in [0.2, 0.25) is 0 Å². The van der Waals surface area contributed by atoms with Crippen molar-refractivity contribution in [2.24, 2.45) is 0 Å². The minimum absolute atomic E-state index is 0.246. The van der Waals surface area contributed by atoms with Gasteiger partial charge in [-0.15, -0.1) is 6.58 Å². The summed E-state index contributed by atoms with van der Waals surface area (Å²) in [5.41, 5.74) is -0.309. The Bertz CT molecular complexity index is 548. The molecule has 0 fully saturated rings. The summed E-state index contributed by atoms with van der Waals surface area (Å²) in [6.45, 7) is 6.08. The van der Waals surface area contributed by atoms with Crippen molar-refractivity contribution in [3.63, 3.8) is 0 Å². The molecular weight excluding hydrogens is 318 g/mol. The number of hydrogen-bond acceptors (Lipinski definition) is 3. The van der Waals surface area contributed by atoms with Crippen molar-refractivity contribution in [1.29, 1.82) is 0 Å². The second-order valence-corrected chi connectivity index (χ2v) is 6.08. The smallest absolute Gasteiger partial charge is 0.336 e. The minimum Gasteiger partial charge on any atom is -0.497 e. The summed E-state index contributed by atoms with van der Waals surface area (Å²) in [5.74, 6) is -0.165. The highest BCUT2D eigenvalue weighted by Gasteiger charge is 2.37. The van der Waals surface area contributed by atoms with Gasteiger partial charge in [0.05, 0.1) is 13.7 Å². The lowest BCUT2D eigenvalue weighted by Gasteiger charge is -2.28. The van der Waals surface area contributed by atoms with Gasteiger partial charge in [-0.1, -0.05) is 50.1 Å². The van der Waals surface area contributed by atoms with E-state index < -0.39 is 11.6 Å². The Morgan fingerprint density at radius 2 is 1.96 bits per heavy atom. The molecule has 0 aliphatic rings. The van der Waals surface area contributed by atoms with Crippen LogP contribution >= 0.6 is 0 Å². The molecule has 0 aliphatic heterocycles. The Morgan fingerprint density at radius 3 is 2.52 bits per heavy atom. The van der Waals surface area contributed by atoms with E-state index in [0.717, 1.165) is 30.6 Å². The number of rotatable bonds is 13. The highest BCUT2D eigenvalue weighted by Crippen LogP contribution is 2.26. The van der Waals surface area contributed by atoms with Crippen molar-refractivity contribution in [2.75, 3.05) is 7.11 Å². The Balaban J connectivity index is 2.81. The molecule has 0 aliphatic carbocycles. The molecular formula is C21H30O4. The number of carboxylic acid groups (broad SMARTS) is 1. The summed E-state index contributed by atoms with van der Waals surface area (Å²) in [4.78, 5) is 12.0. The van der Waals surface area contributed by atoms with Gasteiger partial charge in [-0.2, -0.15) is 0 Å². The molecule has 0 saturated carbocycles. The number of hydrogen-bond donors (Lipinski definition) is 1. The minimum atomic E-state index is -1.23. The van der Waals surface area contributed by atoms with Crippen LogP contribution in [0, 0.1) is 0 Å². The molecule has 0 saturated heterocycles. The van der Waals surface area contributed by atoms with Gasteiger partial charge in [0.15, 0.2) is 5.60 Å². The van der Waals surface area contributed by atoms with Crippen LogP contribution in [0.3, 0.4) is 0 Å². The van der Waals surface area contributed by atoms with E-state index in [1.54, 1.807) is 13.2 Å². The molecule has 1 aromatic rings. The van der Waals surface area contributed by atoms with Crippen LogP contribution in [0.25, 0.3) is 0 Å². The topological polar surface area (TPSA) is 55.8 Å². The third-order valence-corrected chi connectivity index (χ3v) is 4.15. The quantitative estimate of drug-likeness (QED) is 0.305. The summed E-state index contributed by atoms with van der Waals surface area (Å²) in [6, 6.07) is 7.46. The maximum absolute atomic E-state index is 12.0. The van der Waals surface area contributed by atoms with Crippen LogP contribution in [-0.2, 0) is 16.1 Å². The van der Waals surface area contributed by atoms with Crippen LogP contribution in [-0.4, -0.2) is 23.8 Å². The van der Waals surface area contributed by atoms with E-state index >= 15 is 0 Å². The molecule has 4 nitrogen and oxygen atoms in total. The third-order valence-electron chi connectivity index (χ3n) is 4.15. The molecule has 4 heteroatoms. The van der Waals surface area contributed by atoms with Gasteiger partial charge < -0.3 is 14.6 Å². The van der Waals surface area contributed by atoms with Gasteiger partial charge in [0.25, 0.3) is 0 Å². The van der Waals surface area contributed by atoms with Gasteiger partial charge in [-0.25, -0.2) is 4.79 Å². The molecule has 1 N–H and O–H groups in total. The lowest BCUT2D eigenvalue weighted by atomic mass is 10.2. The number of allylic oxidation sites excluding steroid dienone is 2. The van der Waals surface area contributed by atoms with Gasteiger partial charge in [0, 0.05) is 6.42 Å². The number of unbranched alkanes of at least 4 members (excludes halogenated alkanes) is 2. The average molecular weight is 348 g/mol. The molecule has 1 aromatic carbocycles. The number of benzene rings is 1. The molecule has 0 unspecified atom stereocenters. The molecule has 25 heavy (non-hydrogen) atoms. The molecule has 0 spiro atoms.